The zero-order chi connectivity index (χ0) is 19.9. The Bertz CT molecular complexity index is 935. The summed E-state index contributed by atoms with van der Waals surface area (Å²) in [5.41, 5.74) is 1.36. The number of aromatic nitrogens is 2. The number of hydrogen-bond donors (Lipinski definition) is 2. The van der Waals surface area contributed by atoms with Crippen molar-refractivity contribution in [1.29, 1.82) is 0 Å². The van der Waals surface area contributed by atoms with E-state index in [0.717, 1.165) is 17.6 Å². The first-order valence-corrected chi connectivity index (χ1v) is 8.64. The van der Waals surface area contributed by atoms with E-state index in [9.17, 15) is 4.39 Å². The second-order valence-electron chi connectivity index (χ2n) is 5.67. The first-order valence-electron chi connectivity index (χ1n) is 8.64. The van der Waals surface area contributed by atoms with Gasteiger partial charge in [0.2, 0.25) is 5.95 Å². The summed E-state index contributed by atoms with van der Waals surface area (Å²) in [5.74, 6) is 1.59. The molecule has 146 valence electrons. The number of benzene rings is 2. The molecule has 1 aromatic heterocycles. The van der Waals surface area contributed by atoms with Crippen molar-refractivity contribution in [1.82, 2.24) is 9.97 Å². The van der Waals surface area contributed by atoms with Crippen LogP contribution in [0.15, 0.2) is 48.7 Å². The second-order valence-corrected chi connectivity index (χ2v) is 5.67. The Morgan fingerprint density at radius 3 is 2.32 bits per heavy atom. The molecule has 28 heavy (non-hydrogen) atoms. The van der Waals surface area contributed by atoms with Gasteiger partial charge in [0.1, 0.15) is 5.75 Å². The van der Waals surface area contributed by atoms with E-state index in [1.165, 1.54) is 7.11 Å². The van der Waals surface area contributed by atoms with E-state index >= 15 is 0 Å². The number of ether oxygens (including phenoxy) is 3. The van der Waals surface area contributed by atoms with Crippen LogP contribution < -0.4 is 24.8 Å². The van der Waals surface area contributed by atoms with Crippen LogP contribution in [0.25, 0.3) is 0 Å². The first-order chi connectivity index (χ1) is 13.6. The summed E-state index contributed by atoms with van der Waals surface area (Å²) < 4.78 is 30.0. The molecular formula is C20H21FN4O3. The third-order valence-corrected chi connectivity index (χ3v) is 3.81. The summed E-state index contributed by atoms with van der Waals surface area (Å²) in [6.07, 6.45) is 1.10. The number of nitrogens with zero attached hydrogens (tertiary/aromatic N) is 2. The first kappa shape index (κ1) is 19.2. The molecule has 0 aliphatic carbocycles. The number of nitrogens with one attached hydrogen (secondary N) is 2. The molecule has 7 nitrogen and oxygen atoms in total. The van der Waals surface area contributed by atoms with Gasteiger partial charge in [-0.1, -0.05) is 0 Å². The average Bonchev–Trinajstić information content (AvgIpc) is 2.72. The van der Waals surface area contributed by atoms with Gasteiger partial charge in [0.25, 0.3) is 0 Å². The standard InChI is InChI=1S/C20H21FN4O3/c1-4-28-15-8-5-13(6-9-15)24-20-22-12-16(21)19(25-20)23-14-7-10-17(26-2)18(11-14)27-3/h5-12H,4H2,1-3H3,(H2,22,23,24,25). The fourth-order valence-electron chi connectivity index (χ4n) is 2.50. The zero-order valence-electron chi connectivity index (χ0n) is 15.8. The highest BCUT2D eigenvalue weighted by atomic mass is 19.1. The van der Waals surface area contributed by atoms with Gasteiger partial charge in [-0.2, -0.15) is 4.98 Å². The van der Waals surface area contributed by atoms with Crippen molar-refractivity contribution < 1.29 is 18.6 Å². The lowest BCUT2D eigenvalue weighted by Crippen LogP contribution is -2.03. The van der Waals surface area contributed by atoms with Crippen LogP contribution in [0, 0.1) is 5.82 Å². The zero-order valence-corrected chi connectivity index (χ0v) is 15.8. The van der Waals surface area contributed by atoms with E-state index in [1.54, 1.807) is 25.3 Å². The Balaban J connectivity index is 1.78. The molecule has 0 spiro atoms. The second kappa shape index (κ2) is 8.90. The predicted molar refractivity (Wildman–Crippen MR) is 106 cm³/mol. The Kier molecular flexibility index (Phi) is 6.11. The molecule has 0 radical (unpaired) electrons. The largest absolute Gasteiger partial charge is 0.494 e. The molecule has 0 fully saturated rings. The molecule has 0 aliphatic heterocycles. The van der Waals surface area contributed by atoms with E-state index in [2.05, 4.69) is 20.6 Å². The molecular weight excluding hydrogens is 363 g/mol. The van der Waals surface area contributed by atoms with Gasteiger partial charge in [0.15, 0.2) is 23.1 Å². The topological polar surface area (TPSA) is 77.5 Å². The minimum absolute atomic E-state index is 0.0376. The van der Waals surface area contributed by atoms with Crippen LogP contribution in [-0.2, 0) is 0 Å². The molecule has 0 atom stereocenters. The highest BCUT2D eigenvalue weighted by Gasteiger charge is 2.10. The van der Waals surface area contributed by atoms with Gasteiger partial charge in [-0.15, -0.1) is 0 Å². The van der Waals surface area contributed by atoms with Gasteiger partial charge in [-0.3, -0.25) is 0 Å². The summed E-state index contributed by atoms with van der Waals surface area (Å²) in [4.78, 5) is 8.19. The van der Waals surface area contributed by atoms with E-state index in [0.29, 0.717) is 23.8 Å². The maximum absolute atomic E-state index is 14.2. The highest BCUT2D eigenvalue weighted by molar-refractivity contribution is 5.63. The molecule has 2 N–H and O–H groups in total. The van der Waals surface area contributed by atoms with E-state index < -0.39 is 5.82 Å². The molecule has 0 bridgehead atoms. The Morgan fingerprint density at radius 2 is 1.64 bits per heavy atom. The summed E-state index contributed by atoms with van der Waals surface area (Å²) in [5, 5.41) is 5.97. The van der Waals surface area contributed by atoms with Crippen LogP contribution in [0.4, 0.5) is 27.5 Å². The van der Waals surface area contributed by atoms with Crippen molar-refractivity contribution >= 4 is 23.1 Å². The number of rotatable bonds is 8. The minimum Gasteiger partial charge on any atom is -0.494 e. The van der Waals surface area contributed by atoms with Gasteiger partial charge in [-0.25, -0.2) is 9.37 Å². The van der Waals surface area contributed by atoms with E-state index in [4.69, 9.17) is 14.2 Å². The Labute approximate surface area is 162 Å². The van der Waals surface area contributed by atoms with Crippen LogP contribution >= 0.6 is 0 Å². The lowest BCUT2D eigenvalue weighted by molar-refractivity contribution is 0.340. The predicted octanol–water partition coefficient (Wildman–Crippen LogP) is 4.52. The normalized spacial score (nSPS) is 10.3. The summed E-state index contributed by atoms with van der Waals surface area (Å²) in [6.45, 7) is 2.52. The van der Waals surface area contributed by atoms with Crippen LogP contribution in [-0.4, -0.2) is 30.8 Å². The van der Waals surface area contributed by atoms with Gasteiger partial charge in [0.05, 0.1) is 27.0 Å². The maximum Gasteiger partial charge on any atom is 0.229 e. The quantitative estimate of drug-likeness (QED) is 0.591. The van der Waals surface area contributed by atoms with E-state index in [1.807, 2.05) is 31.2 Å². The summed E-state index contributed by atoms with van der Waals surface area (Å²) >= 11 is 0. The molecule has 0 aliphatic rings. The van der Waals surface area contributed by atoms with Crippen molar-refractivity contribution in [2.24, 2.45) is 0 Å². The molecule has 0 saturated carbocycles. The summed E-state index contributed by atoms with van der Waals surface area (Å²) in [6, 6.07) is 12.5. The highest BCUT2D eigenvalue weighted by Crippen LogP contribution is 2.31. The maximum atomic E-state index is 14.2. The van der Waals surface area contributed by atoms with Gasteiger partial charge < -0.3 is 24.8 Å². The van der Waals surface area contributed by atoms with Crippen molar-refractivity contribution in [3.8, 4) is 17.2 Å². The molecule has 0 unspecified atom stereocenters. The monoisotopic (exact) mass is 384 g/mol. The van der Waals surface area contributed by atoms with Crippen LogP contribution in [0.3, 0.4) is 0 Å². The molecule has 2 aromatic carbocycles. The third kappa shape index (κ3) is 4.59. The van der Waals surface area contributed by atoms with E-state index in [-0.39, 0.29) is 11.8 Å². The van der Waals surface area contributed by atoms with Gasteiger partial charge in [-0.05, 0) is 43.3 Å². The minimum atomic E-state index is -0.577. The fraction of sp³-hybridized carbons (Fsp3) is 0.200. The smallest absolute Gasteiger partial charge is 0.229 e. The third-order valence-electron chi connectivity index (χ3n) is 3.81. The molecule has 8 heteroatoms. The van der Waals surface area contributed by atoms with Crippen molar-refractivity contribution in [3.05, 3.63) is 54.5 Å². The lowest BCUT2D eigenvalue weighted by atomic mass is 10.2. The number of anilines is 4. The Morgan fingerprint density at radius 1 is 0.929 bits per heavy atom. The number of hydrogen-bond acceptors (Lipinski definition) is 7. The lowest BCUT2D eigenvalue weighted by Gasteiger charge is -2.12. The molecule has 0 saturated heterocycles. The molecule has 0 amide bonds. The molecule has 3 rings (SSSR count). The SMILES string of the molecule is CCOc1ccc(Nc2ncc(F)c(Nc3ccc(OC)c(OC)c3)n2)cc1. The average molecular weight is 384 g/mol. The van der Waals surface area contributed by atoms with Gasteiger partial charge >= 0.3 is 0 Å². The fourth-order valence-corrected chi connectivity index (χ4v) is 2.50. The van der Waals surface area contributed by atoms with Gasteiger partial charge in [0, 0.05) is 17.4 Å². The van der Waals surface area contributed by atoms with Crippen molar-refractivity contribution in [2.45, 2.75) is 6.92 Å². The van der Waals surface area contributed by atoms with Crippen LogP contribution in [0.5, 0.6) is 17.2 Å². The van der Waals surface area contributed by atoms with Crippen molar-refractivity contribution in [3.63, 3.8) is 0 Å². The molecule has 3 aromatic rings. The number of halogens is 1. The summed E-state index contributed by atoms with van der Waals surface area (Å²) in [7, 11) is 3.08. The van der Waals surface area contributed by atoms with Crippen LogP contribution in [0.1, 0.15) is 6.92 Å². The Hall–Kier alpha value is -3.55. The van der Waals surface area contributed by atoms with Crippen molar-refractivity contribution in [2.75, 3.05) is 31.5 Å². The molecule has 1 heterocycles. The number of methoxy groups -OCH3 is 2. The van der Waals surface area contributed by atoms with Crippen LogP contribution in [0.2, 0.25) is 0 Å².